The fourth-order valence-electron chi connectivity index (χ4n) is 3.72. The number of anilines is 1. The first-order valence-electron chi connectivity index (χ1n) is 11.8. The molecule has 2 aliphatic rings. The molecular weight excluding hydrogens is 554 g/mol. The van der Waals surface area contributed by atoms with Crippen LogP contribution in [0.15, 0.2) is 36.5 Å². The van der Waals surface area contributed by atoms with Gasteiger partial charge in [0.1, 0.15) is 17.4 Å². The van der Waals surface area contributed by atoms with Crippen LogP contribution in [0.3, 0.4) is 0 Å². The Bertz CT molecular complexity index is 1090. The number of morpholine rings is 1. The molecule has 2 fully saturated rings. The minimum Gasteiger partial charge on any atom is -0.497 e. The minimum absolute atomic E-state index is 0.0810. The number of alkyl halides is 6. The Kier molecular flexibility index (Phi) is 11.9. The molecule has 3 heterocycles. The molecule has 2 aliphatic heterocycles. The number of aromatic nitrogens is 2. The predicted molar refractivity (Wildman–Crippen MR) is 128 cm³/mol. The zero-order valence-corrected chi connectivity index (χ0v) is 21.3. The monoisotopic (exact) mass is 582 g/mol. The van der Waals surface area contributed by atoms with Gasteiger partial charge in [-0.25, -0.2) is 19.6 Å². The van der Waals surface area contributed by atoms with E-state index in [9.17, 15) is 26.3 Å². The average Bonchev–Trinajstić information content (AvgIpc) is 3.44. The van der Waals surface area contributed by atoms with Gasteiger partial charge in [-0.1, -0.05) is 12.1 Å². The maximum absolute atomic E-state index is 10.6. The zero-order valence-electron chi connectivity index (χ0n) is 21.3. The van der Waals surface area contributed by atoms with Crippen LogP contribution in [-0.2, 0) is 20.9 Å². The number of nitrogens with zero attached hydrogens (tertiary/aromatic N) is 4. The van der Waals surface area contributed by atoms with Crippen LogP contribution in [0.4, 0.5) is 32.2 Å². The Morgan fingerprint density at radius 1 is 1.02 bits per heavy atom. The number of ether oxygens (including phenoxy) is 2. The topological polar surface area (TPSA) is 125 Å². The molecule has 1 atom stereocenters. The number of methoxy groups -OCH3 is 1. The van der Waals surface area contributed by atoms with Gasteiger partial charge in [0.25, 0.3) is 0 Å². The first kappa shape index (κ1) is 32.6. The lowest BCUT2D eigenvalue weighted by Gasteiger charge is -2.34. The maximum atomic E-state index is 10.6. The van der Waals surface area contributed by atoms with E-state index in [4.69, 9.17) is 34.3 Å². The van der Waals surface area contributed by atoms with Gasteiger partial charge in [0.15, 0.2) is 0 Å². The molecule has 40 heavy (non-hydrogen) atoms. The Morgan fingerprint density at radius 2 is 1.62 bits per heavy atom. The summed E-state index contributed by atoms with van der Waals surface area (Å²) in [7, 11) is 1.70. The highest BCUT2D eigenvalue weighted by atomic mass is 19.4. The van der Waals surface area contributed by atoms with Gasteiger partial charge < -0.3 is 24.6 Å². The smallest absolute Gasteiger partial charge is 0.490 e. The molecule has 222 valence electrons. The quantitative estimate of drug-likeness (QED) is 0.501. The number of carboxylic acid groups (broad SMARTS) is 2. The summed E-state index contributed by atoms with van der Waals surface area (Å²) in [6.07, 6.45) is -5.80. The molecule has 2 saturated heterocycles. The number of aliphatic carboxylic acids is 2. The molecular formula is C24H28F6N4O6. The molecule has 0 spiro atoms. The molecule has 1 unspecified atom stereocenters. The van der Waals surface area contributed by atoms with Crippen molar-refractivity contribution in [1.82, 2.24) is 14.9 Å². The van der Waals surface area contributed by atoms with Gasteiger partial charge in [-0.15, -0.1) is 0 Å². The van der Waals surface area contributed by atoms with E-state index < -0.39 is 24.3 Å². The van der Waals surface area contributed by atoms with Crippen molar-refractivity contribution in [2.75, 3.05) is 44.9 Å². The first-order chi connectivity index (χ1) is 18.7. The standard InChI is InChI=1S/C20H26N4O2.2C2HF3O2/c1-25-17-6-4-5-16(13-17)14-24-11-12-26-15-18(24)20-21-8-7-19(22-20)23-9-2-3-10-23;2*3-2(4,5)1(6)7/h4-8,13,18H,2-3,9-12,14-15H2,1H3;2*(H,6,7). The van der Waals surface area contributed by atoms with Crippen LogP contribution in [0.2, 0.25) is 0 Å². The van der Waals surface area contributed by atoms with E-state index in [0.717, 1.165) is 50.2 Å². The lowest BCUT2D eigenvalue weighted by Crippen LogP contribution is -2.40. The molecule has 4 rings (SSSR count). The fraction of sp³-hybridized carbons (Fsp3) is 0.500. The van der Waals surface area contributed by atoms with Gasteiger partial charge in [0.2, 0.25) is 0 Å². The van der Waals surface area contributed by atoms with Crippen molar-refractivity contribution in [1.29, 1.82) is 0 Å². The number of carboxylic acids is 2. The molecule has 0 radical (unpaired) electrons. The highest BCUT2D eigenvalue weighted by molar-refractivity contribution is 5.73. The fourth-order valence-corrected chi connectivity index (χ4v) is 3.72. The van der Waals surface area contributed by atoms with Crippen LogP contribution >= 0.6 is 0 Å². The summed E-state index contributed by atoms with van der Waals surface area (Å²) in [5.41, 5.74) is 1.23. The number of carbonyl (C=O) groups is 2. The second kappa shape index (κ2) is 14.6. The second-order valence-electron chi connectivity index (χ2n) is 8.49. The van der Waals surface area contributed by atoms with Crippen LogP contribution in [0, 0.1) is 0 Å². The van der Waals surface area contributed by atoms with Crippen molar-refractivity contribution < 1.29 is 55.6 Å². The molecule has 2 aromatic rings. The number of rotatable bonds is 5. The van der Waals surface area contributed by atoms with Crippen LogP contribution in [0.1, 0.15) is 30.3 Å². The van der Waals surface area contributed by atoms with Gasteiger partial charge in [-0.05, 0) is 36.6 Å². The molecule has 16 heteroatoms. The summed E-state index contributed by atoms with van der Waals surface area (Å²) in [4.78, 5) is 32.0. The minimum atomic E-state index is -5.08. The molecule has 1 aromatic heterocycles. The summed E-state index contributed by atoms with van der Waals surface area (Å²) in [6.45, 7) is 5.26. The van der Waals surface area contributed by atoms with Crippen LogP contribution in [0.5, 0.6) is 5.75 Å². The van der Waals surface area contributed by atoms with E-state index in [1.54, 1.807) is 7.11 Å². The number of hydrogen-bond acceptors (Lipinski definition) is 8. The molecule has 0 saturated carbocycles. The lowest BCUT2D eigenvalue weighted by molar-refractivity contribution is -0.193. The van der Waals surface area contributed by atoms with E-state index >= 15 is 0 Å². The molecule has 2 N–H and O–H groups in total. The van der Waals surface area contributed by atoms with Gasteiger partial charge >= 0.3 is 24.3 Å². The SMILES string of the molecule is COc1cccc(CN2CCOCC2c2nccc(N3CCCC3)n2)c1.O=C(O)C(F)(F)F.O=C(O)C(F)(F)F. The Balaban J connectivity index is 0.000000333. The third-order valence-corrected chi connectivity index (χ3v) is 5.63. The predicted octanol–water partition coefficient (Wildman–Crippen LogP) is 3.93. The Labute approximate surface area is 225 Å². The molecule has 1 aromatic carbocycles. The van der Waals surface area contributed by atoms with E-state index in [0.29, 0.717) is 6.61 Å². The van der Waals surface area contributed by atoms with Crippen molar-refractivity contribution in [3.63, 3.8) is 0 Å². The van der Waals surface area contributed by atoms with Crippen molar-refractivity contribution in [3.05, 3.63) is 47.9 Å². The van der Waals surface area contributed by atoms with Gasteiger partial charge in [-0.3, -0.25) is 4.90 Å². The van der Waals surface area contributed by atoms with Crippen LogP contribution in [-0.4, -0.2) is 89.3 Å². The van der Waals surface area contributed by atoms with Crippen molar-refractivity contribution in [3.8, 4) is 5.75 Å². The van der Waals surface area contributed by atoms with Gasteiger partial charge in [0.05, 0.1) is 26.4 Å². The normalized spacial score (nSPS) is 17.7. The van der Waals surface area contributed by atoms with Crippen molar-refractivity contribution in [2.24, 2.45) is 0 Å². The van der Waals surface area contributed by atoms with E-state index in [2.05, 4.69) is 26.9 Å². The first-order valence-corrected chi connectivity index (χ1v) is 11.8. The van der Waals surface area contributed by atoms with Gasteiger partial charge in [-0.2, -0.15) is 26.3 Å². The summed E-state index contributed by atoms with van der Waals surface area (Å²) in [6, 6.07) is 10.3. The van der Waals surface area contributed by atoms with E-state index in [1.165, 1.54) is 18.4 Å². The third kappa shape index (κ3) is 10.5. The van der Waals surface area contributed by atoms with Crippen molar-refractivity contribution in [2.45, 2.75) is 37.8 Å². The molecule has 0 aliphatic carbocycles. The van der Waals surface area contributed by atoms with E-state index in [1.807, 2.05) is 24.4 Å². The van der Waals surface area contributed by atoms with Crippen molar-refractivity contribution >= 4 is 17.8 Å². The highest BCUT2D eigenvalue weighted by Crippen LogP contribution is 2.26. The summed E-state index contributed by atoms with van der Waals surface area (Å²) in [5.74, 6) is -2.73. The summed E-state index contributed by atoms with van der Waals surface area (Å²) in [5, 5.41) is 14.2. The van der Waals surface area contributed by atoms with Gasteiger partial charge in [0, 0.05) is 32.4 Å². The highest BCUT2D eigenvalue weighted by Gasteiger charge is 2.39. The summed E-state index contributed by atoms with van der Waals surface area (Å²) < 4.78 is 74.6. The Morgan fingerprint density at radius 3 is 2.17 bits per heavy atom. The average molecular weight is 582 g/mol. The van der Waals surface area contributed by atoms with Crippen LogP contribution in [0.25, 0.3) is 0 Å². The second-order valence-corrected chi connectivity index (χ2v) is 8.49. The number of benzene rings is 1. The largest absolute Gasteiger partial charge is 0.497 e. The van der Waals surface area contributed by atoms with E-state index in [-0.39, 0.29) is 6.04 Å². The molecule has 0 amide bonds. The van der Waals surface area contributed by atoms with Crippen LogP contribution < -0.4 is 9.64 Å². The number of hydrogen-bond donors (Lipinski definition) is 2. The Hall–Kier alpha value is -3.66. The maximum Gasteiger partial charge on any atom is 0.490 e. The molecule has 0 bridgehead atoms. The third-order valence-electron chi connectivity index (χ3n) is 5.63. The lowest BCUT2D eigenvalue weighted by atomic mass is 10.1. The summed E-state index contributed by atoms with van der Waals surface area (Å²) >= 11 is 0. The zero-order chi connectivity index (χ0) is 29.9. The molecule has 10 nitrogen and oxygen atoms in total. The number of halogens is 6.